The molecule has 0 fully saturated rings. The second kappa shape index (κ2) is 6.53. The molecule has 2 rings (SSSR count). The van der Waals surface area contributed by atoms with Crippen molar-refractivity contribution in [1.29, 1.82) is 0 Å². The highest BCUT2D eigenvalue weighted by atomic mass is 16.4. The van der Waals surface area contributed by atoms with Crippen LogP contribution in [0.3, 0.4) is 0 Å². The van der Waals surface area contributed by atoms with Gasteiger partial charge in [0.2, 0.25) is 0 Å². The summed E-state index contributed by atoms with van der Waals surface area (Å²) < 4.78 is 0. The maximum absolute atomic E-state index is 12.0. The molecular formula is C16H14N2O4. The molecule has 112 valence electrons. The first-order valence-electron chi connectivity index (χ1n) is 6.44. The molecular weight excluding hydrogens is 284 g/mol. The number of hydrogen-bond donors (Lipinski definition) is 3. The number of nitrogens with one attached hydrogen (secondary N) is 1. The summed E-state index contributed by atoms with van der Waals surface area (Å²) in [6, 6.07) is 9.23. The molecule has 0 unspecified atom stereocenters. The van der Waals surface area contributed by atoms with Crippen molar-refractivity contribution in [2.24, 2.45) is 0 Å². The third kappa shape index (κ3) is 3.92. The van der Waals surface area contributed by atoms with Crippen molar-refractivity contribution in [3.05, 3.63) is 59.3 Å². The van der Waals surface area contributed by atoms with Crippen molar-refractivity contribution >= 4 is 23.8 Å². The monoisotopic (exact) mass is 298 g/mol. The van der Waals surface area contributed by atoms with Gasteiger partial charge in [-0.05, 0) is 42.8 Å². The minimum Gasteiger partial charge on any atom is -0.508 e. The van der Waals surface area contributed by atoms with Crippen molar-refractivity contribution in [3.8, 4) is 5.75 Å². The molecule has 3 N–H and O–H groups in total. The predicted octanol–water partition coefficient (Wildman–Crippen LogP) is 2.53. The summed E-state index contributed by atoms with van der Waals surface area (Å²) in [6.45, 7) is 1.65. The molecule has 1 aromatic heterocycles. The van der Waals surface area contributed by atoms with Crippen LogP contribution in [0.1, 0.15) is 22.8 Å². The van der Waals surface area contributed by atoms with Gasteiger partial charge in [-0.1, -0.05) is 12.1 Å². The lowest BCUT2D eigenvalue weighted by atomic mass is 10.1. The van der Waals surface area contributed by atoms with Crippen LogP contribution in [0.25, 0.3) is 6.08 Å². The fraction of sp³-hybridized carbons (Fsp3) is 0.0625. The standard InChI is InChI=1S/C16H14N2O4/c1-10(8-11-2-5-13(19)6-3-11)15(20)18-14-7-4-12(9-17-14)16(21)22/h2-9,19H,1H3,(H,21,22)(H,17,18,20)/b10-8+. The number of hydrogen-bond acceptors (Lipinski definition) is 4. The number of benzene rings is 1. The van der Waals surface area contributed by atoms with Crippen LogP contribution in [-0.4, -0.2) is 27.1 Å². The number of pyridine rings is 1. The van der Waals surface area contributed by atoms with E-state index in [0.717, 1.165) is 5.56 Å². The van der Waals surface area contributed by atoms with Gasteiger partial charge in [0.15, 0.2) is 0 Å². The Morgan fingerprint density at radius 1 is 1.14 bits per heavy atom. The minimum absolute atomic E-state index is 0.0503. The number of phenols is 1. The number of aromatic nitrogens is 1. The van der Waals surface area contributed by atoms with Gasteiger partial charge in [-0.25, -0.2) is 9.78 Å². The largest absolute Gasteiger partial charge is 0.508 e. The predicted molar refractivity (Wildman–Crippen MR) is 81.6 cm³/mol. The van der Waals surface area contributed by atoms with Gasteiger partial charge in [-0.3, -0.25) is 4.79 Å². The lowest BCUT2D eigenvalue weighted by molar-refractivity contribution is -0.112. The van der Waals surface area contributed by atoms with Crippen molar-refractivity contribution in [2.45, 2.75) is 6.92 Å². The van der Waals surface area contributed by atoms with Crippen LogP contribution in [0.2, 0.25) is 0 Å². The van der Waals surface area contributed by atoms with E-state index in [1.54, 1.807) is 25.1 Å². The van der Waals surface area contributed by atoms with Crippen molar-refractivity contribution in [3.63, 3.8) is 0 Å². The van der Waals surface area contributed by atoms with Crippen molar-refractivity contribution < 1.29 is 19.8 Å². The minimum atomic E-state index is -1.08. The number of carbonyl (C=O) groups excluding carboxylic acids is 1. The highest BCUT2D eigenvalue weighted by Gasteiger charge is 2.07. The molecule has 0 aliphatic rings. The summed E-state index contributed by atoms with van der Waals surface area (Å²) in [5, 5.41) is 20.6. The molecule has 0 saturated heterocycles. The Kier molecular flexibility index (Phi) is 4.53. The number of carboxylic acids is 1. The number of carboxylic acid groups (broad SMARTS) is 1. The fourth-order valence-corrected chi connectivity index (χ4v) is 1.70. The molecule has 6 heteroatoms. The number of aromatic hydroxyl groups is 1. The number of aromatic carboxylic acids is 1. The normalized spacial score (nSPS) is 11.0. The summed E-state index contributed by atoms with van der Waals surface area (Å²) in [5.41, 5.74) is 1.28. The summed E-state index contributed by atoms with van der Waals surface area (Å²) in [4.78, 5) is 26.6. The average Bonchev–Trinajstić information content (AvgIpc) is 2.50. The second-order valence-corrected chi connectivity index (χ2v) is 4.61. The quantitative estimate of drug-likeness (QED) is 0.753. The van der Waals surface area contributed by atoms with E-state index >= 15 is 0 Å². The molecule has 0 aliphatic carbocycles. The fourth-order valence-electron chi connectivity index (χ4n) is 1.70. The van der Waals surface area contributed by atoms with Crippen LogP contribution in [0.4, 0.5) is 5.82 Å². The van der Waals surface area contributed by atoms with Gasteiger partial charge in [0, 0.05) is 11.8 Å². The molecule has 0 radical (unpaired) electrons. The Hall–Kier alpha value is -3.15. The van der Waals surface area contributed by atoms with E-state index in [4.69, 9.17) is 5.11 Å². The third-order valence-corrected chi connectivity index (χ3v) is 2.89. The summed E-state index contributed by atoms with van der Waals surface area (Å²) in [6.07, 6.45) is 2.84. The zero-order valence-corrected chi connectivity index (χ0v) is 11.8. The van der Waals surface area contributed by atoms with Gasteiger partial charge >= 0.3 is 5.97 Å². The summed E-state index contributed by atoms with van der Waals surface area (Å²) >= 11 is 0. The number of carbonyl (C=O) groups is 2. The molecule has 2 aromatic rings. The molecule has 1 heterocycles. The first-order chi connectivity index (χ1) is 10.5. The van der Waals surface area contributed by atoms with Crippen LogP contribution in [0, 0.1) is 0 Å². The van der Waals surface area contributed by atoms with Gasteiger partial charge in [0.1, 0.15) is 11.6 Å². The van der Waals surface area contributed by atoms with Gasteiger partial charge in [-0.2, -0.15) is 0 Å². The van der Waals surface area contributed by atoms with Crippen LogP contribution < -0.4 is 5.32 Å². The van der Waals surface area contributed by atoms with Gasteiger partial charge in [0.25, 0.3) is 5.91 Å². The molecule has 0 atom stereocenters. The van der Waals surface area contributed by atoms with Gasteiger partial charge < -0.3 is 15.5 Å². The third-order valence-electron chi connectivity index (χ3n) is 2.89. The van der Waals surface area contributed by atoms with Crippen LogP contribution in [0.5, 0.6) is 5.75 Å². The van der Waals surface area contributed by atoms with E-state index in [9.17, 15) is 14.7 Å². The Balaban J connectivity index is 2.07. The topological polar surface area (TPSA) is 99.5 Å². The van der Waals surface area contributed by atoms with Crippen molar-refractivity contribution in [1.82, 2.24) is 4.98 Å². The zero-order chi connectivity index (χ0) is 16.1. The van der Waals surface area contributed by atoms with Crippen LogP contribution >= 0.6 is 0 Å². The molecule has 0 bridgehead atoms. The van der Waals surface area contributed by atoms with Gasteiger partial charge in [-0.15, -0.1) is 0 Å². The second-order valence-electron chi connectivity index (χ2n) is 4.61. The molecule has 1 aromatic carbocycles. The van der Waals surface area contributed by atoms with Crippen LogP contribution in [-0.2, 0) is 4.79 Å². The number of rotatable bonds is 4. The number of nitrogens with zero attached hydrogens (tertiary/aromatic N) is 1. The lowest BCUT2D eigenvalue weighted by Crippen LogP contribution is -2.13. The smallest absolute Gasteiger partial charge is 0.337 e. The zero-order valence-electron chi connectivity index (χ0n) is 11.8. The lowest BCUT2D eigenvalue weighted by Gasteiger charge is -2.05. The highest BCUT2D eigenvalue weighted by Crippen LogP contribution is 2.14. The van der Waals surface area contributed by atoms with Gasteiger partial charge in [0.05, 0.1) is 5.56 Å². The molecule has 0 aliphatic heterocycles. The Labute approximate surface area is 126 Å². The van der Waals surface area contributed by atoms with Crippen LogP contribution in [0.15, 0.2) is 48.2 Å². The van der Waals surface area contributed by atoms with E-state index in [1.807, 2.05) is 0 Å². The first-order valence-corrected chi connectivity index (χ1v) is 6.44. The van der Waals surface area contributed by atoms with E-state index in [2.05, 4.69) is 10.3 Å². The molecule has 22 heavy (non-hydrogen) atoms. The maximum atomic E-state index is 12.0. The van der Waals surface area contributed by atoms with E-state index in [-0.39, 0.29) is 23.0 Å². The Morgan fingerprint density at radius 3 is 2.36 bits per heavy atom. The van der Waals surface area contributed by atoms with E-state index < -0.39 is 5.97 Å². The SMILES string of the molecule is C/C(=C\c1ccc(O)cc1)C(=O)Nc1ccc(C(=O)O)cn1. The first kappa shape index (κ1) is 15.2. The number of amides is 1. The molecule has 6 nitrogen and oxygen atoms in total. The summed E-state index contributed by atoms with van der Waals surface area (Å²) in [7, 11) is 0. The Morgan fingerprint density at radius 2 is 1.82 bits per heavy atom. The molecule has 1 amide bonds. The average molecular weight is 298 g/mol. The van der Waals surface area contributed by atoms with E-state index in [0.29, 0.717) is 5.57 Å². The molecule has 0 spiro atoms. The molecule has 0 saturated carbocycles. The van der Waals surface area contributed by atoms with E-state index in [1.165, 1.54) is 30.5 Å². The number of anilines is 1. The number of phenolic OH excluding ortho intramolecular Hbond substituents is 1. The highest BCUT2D eigenvalue weighted by molar-refractivity contribution is 6.05. The Bertz CT molecular complexity index is 719. The summed E-state index contributed by atoms with van der Waals surface area (Å²) in [5.74, 6) is -0.993. The maximum Gasteiger partial charge on any atom is 0.337 e. The van der Waals surface area contributed by atoms with Crippen molar-refractivity contribution in [2.75, 3.05) is 5.32 Å².